The SMILES string of the molecule is NOc1[c]cccc1. The van der Waals surface area contributed by atoms with Crippen molar-refractivity contribution in [3.8, 4) is 5.75 Å². The monoisotopic (exact) mass is 108 g/mol. The molecule has 2 nitrogen and oxygen atoms in total. The first-order valence-corrected chi connectivity index (χ1v) is 2.27. The Bertz CT molecular complexity index is 150. The summed E-state index contributed by atoms with van der Waals surface area (Å²) in [6.07, 6.45) is 0. The van der Waals surface area contributed by atoms with Crippen molar-refractivity contribution in [1.29, 1.82) is 0 Å². The fraction of sp³-hybridized carbons (Fsp3) is 0. The van der Waals surface area contributed by atoms with E-state index in [2.05, 4.69) is 10.9 Å². The fourth-order valence-corrected chi connectivity index (χ4v) is 0.450. The smallest absolute Gasteiger partial charge is 0.154 e. The van der Waals surface area contributed by atoms with E-state index in [0.717, 1.165) is 0 Å². The molecule has 0 aliphatic heterocycles. The second-order valence-corrected chi connectivity index (χ2v) is 1.34. The van der Waals surface area contributed by atoms with Gasteiger partial charge in [0.15, 0.2) is 5.75 Å². The second kappa shape index (κ2) is 2.33. The molecule has 8 heavy (non-hydrogen) atoms. The molecule has 2 heteroatoms. The molecule has 0 fully saturated rings. The fourth-order valence-electron chi connectivity index (χ4n) is 0.450. The maximum atomic E-state index is 4.82. The molecule has 1 rings (SSSR count). The van der Waals surface area contributed by atoms with Crippen LogP contribution in [0, 0.1) is 6.07 Å². The van der Waals surface area contributed by atoms with Crippen LogP contribution in [0.25, 0.3) is 0 Å². The van der Waals surface area contributed by atoms with Gasteiger partial charge in [-0.1, -0.05) is 18.2 Å². The van der Waals surface area contributed by atoms with Crippen molar-refractivity contribution in [1.82, 2.24) is 0 Å². The predicted octanol–water partition coefficient (Wildman–Crippen LogP) is 0.739. The van der Waals surface area contributed by atoms with E-state index in [-0.39, 0.29) is 0 Å². The Hall–Kier alpha value is -1.02. The van der Waals surface area contributed by atoms with Crippen molar-refractivity contribution in [3.63, 3.8) is 0 Å². The third kappa shape index (κ3) is 0.978. The summed E-state index contributed by atoms with van der Waals surface area (Å²) in [4.78, 5) is 4.36. The zero-order valence-electron chi connectivity index (χ0n) is 4.29. The number of hydrogen-bond acceptors (Lipinski definition) is 2. The van der Waals surface area contributed by atoms with Gasteiger partial charge in [-0.2, -0.15) is 5.90 Å². The van der Waals surface area contributed by atoms with Crippen LogP contribution in [0.4, 0.5) is 0 Å². The molecule has 0 atom stereocenters. The van der Waals surface area contributed by atoms with Crippen LogP contribution >= 0.6 is 0 Å². The van der Waals surface area contributed by atoms with Crippen molar-refractivity contribution in [2.45, 2.75) is 0 Å². The van der Waals surface area contributed by atoms with Gasteiger partial charge in [0, 0.05) is 6.07 Å². The van der Waals surface area contributed by atoms with E-state index in [1.165, 1.54) is 0 Å². The van der Waals surface area contributed by atoms with E-state index in [1.54, 1.807) is 12.1 Å². The first-order chi connectivity index (χ1) is 3.93. The Morgan fingerprint density at radius 3 is 2.75 bits per heavy atom. The highest BCUT2D eigenvalue weighted by atomic mass is 16.6. The van der Waals surface area contributed by atoms with Crippen molar-refractivity contribution in [2.24, 2.45) is 5.90 Å². The number of rotatable bonds is 1. The van der Waals surface area contributed by atoms with Crippen molar-refractivity contribution >= 4 is 0 Å². The lowest BCUT2D eigenvalue weighted by molar-refractivity contribution is 0.334. The summed E-state index contributed by atoms with van der Waals surface area (Å²) >= 11 is 0. The van der Waals surface area contributed by atoms with Crippen LogP contribution in [0.5, 0.6) is 5.75 Å². The molecule has 0 aromatic heterocycles. The van der Waals surface area contributed by atoms with Crippen LogP contribution in [0.15, 0.2) is 24.3 Å². The molecule has 0 aliphatic rings. The van der Waals surface area contributed by atoms with Gasteiger partial charge in [-0.05, 0) is 6.07 Å². The molecule has 0 aliphatic carbocycles. The molecule has 0 bridgehead atoms. The zero-order valence-corrected chi connectivity index (χ0v) is 4.29. The van der Waals surface area contributed by atoms with E-state index in [1.807, 2.05) is 12.1 Å². The molecule has 0 heterocycles. The normalized spacial score (nSPS) is 8.62. The summed E-state index contributed by atoms with van der Waals surface area (Å²) in [5.74, 6) is 5.38. The lowest BCUT2D eigenvalue weighted by Gasteiger charge is -1.91. The molecule has 0 saturated heterocycles. The van der Waals surface area contributed by atoms with E-state index in [4.69, 9.17) is 5.90 Å². The second-order valence-electron chi connectivity index (χ2n) is 1.34. The molecule has 41 valence electrons. The molecule has 0 saturated carbocycles. The molecule has 0 spiro atoms. The molecule has 1 radical (unpaired) electrons. The van der Waals surface area contributed by atoms with E-state index >= 15 is 0 Å². The van der Waals surface area contributed by atoms with Crippen LogP contribution < -0.4 is 10.7 Å². The average Bonchev–Trinajstić information content (AvgIpc) is 1.90. The van der Waals surface area contributed by atoms with Gasteiger partial charge in [0.2, 0.25) is 0 Å². The third-order valence-corrected chi connectivity index (χ3v) is 0.807. The van der Waals surface area contributed by atoms with Gasteiger partial charge in [-0.25, -0.2) is 0 Å². The Morgan fingerprint density at radius 1 is 1.50 bits per heavy atom. The lowest BCUT2D eigenvalue weighted by atomic mass is 10.3. The molecular weight excluding hydrogens is 102 g/mol. The van der Waals surface area contributed by atoms with Crippen LogP contribution in [-0.2, 0) is 0 Å². The number of nitrogens with two attached hydrogens (primary N) is 1. The number of hydrogen-bond donors (Lipinski definition) is 1. The minimum atomic E-state index is 0.563. The van der Waals surface area contributed by atoms with Crippen LogP contribution in [-0.4, -0.2) is 0 Å². The Morgan fingerprint density at radius 2 is 2.38 bits per heavy atom. The number of para-hydroxylation sites is 1. The number of benzene rings is 1. The van der Waals surface area contributed by atoms with E-state index in [9.17, 15) is 0 Å². The summed E-state index contributed by atoms with van der Waals surface area (Å²) in [5.41, 5.74) is 0. The van der Waals surface area contributed by atoms with Crippen molar-refractivity contribution in [2.75, 3.05) is 0 Å². The highest BCUT2D eigenvalue weighted by Crippen LogP contribution is 2.03. The zero-order chi connectivity index (χ0) is 5.82. The summed E-state index contributed by atoms with van der Waals surface area (Å²) in [5, 5.41) is 0. The van der Waals surface area contributed by atoms with Gasteiger partial charge >= 0.3 is 0 Å². The van der Waals surface area contributed by atoms with E-state index in [0.29, 0.717) is 5.75 Å². The molecule has 1 aromatic carbocycles. The van der Waals surface area contributed by atoms with Gasteiger partial charge in [-0.3, -0.25) is 0 Å². The highest BCUT2D eigenvalue weighted by molar-refractivity contribution is 5.18. The standard InChI is InChI=1S/C6H6NO/c7-8-6-4-2-1-3-5-6/h1-4H,7H2. The van der Waals surface area contributed by atoms with Gasteiger partial charge in [0.05, 0.1) is 0 Å². The van der Waals surface area contributed by atoms with Gasteiger partial charge in [-0.15, -0.1) is 0 Å². The molecule has 0 unspecified atom stereocenters. The first-order valence-electron chi connectivity index (χ1n) is 2.27. The van der Waals surface area contributed by atoms with Crippen LogP contribution in [0.1, 0.15) is 0 Å². The molecule has 2 N–H and O–H groups in total. The Balaban J connectivity index is 2.83. The Labute approximate surface area is 47.8 Å². The minimum Gasteiger partial charge on any atom is -0.411 e. The van der Waals surface area contributed by atoms with Crippen LogP contribution in [0.3, 0.4) is 0 Å². The maximum absolute atomic E-state index is 4.82. The minimum absolute atomic E-state index is 0.563. The quantitative estimate of drug-likeness (QED) is 0.538. The molecule has 1 aromatic rings. The predicted molar refractivity (Wildman–Crippen MR) is 30.1 cm³/mol. The average molecular weight is 108 g/mol. The topological polar surface area (TPSA) is 35.2 Å². The van der Waals surface area contributed by atoms with Crippen LogP contribution in [0.2, 0.25) is 0 Å². The first kappa shape index (κ1) is 5.12. The van der Waals surface area contributed by atoms with Gasteiger partial charge in [0.1, 0.15) is 0 Å². The lowest BCUT2D eigenvalue weighted by Crippen LogP contribution is -2.00. The molecule has 0 amide bonds. The van der Waals surface area contributed by atoms with Gasteiger partial charge < -0.3 is 4.84 Å². The summed E-state index contributed by atoms with van der Waals surface area (Å²) in [6.45, 7) is 0. The summed E-state index contributed by atoms with van der Waals surface area (Å²) in [7, 11) is 0. The highest BCUT2D eigenvalue weighted by Gasteiger charge is 1.82. The van der Waals surface area contributed by atoms with Gasteiger partial charge in [0.25, 0.3) is 0 Å². The van der Waals surface area contributed by atoms with Crippen molar-refractivity contribution in [3.05, 3.63) is 30.3 Å². The largest absolute Gasteiger partial charge is 0.411 e. The maximum Gasteiger partial charge on any atom is 0.154 e. The van der Waals surface area contributed by atoms with E-state index < -0.39 is 0 Å². The van der Waals surface area contributed by atoms with Crippen molar-refractivity contribution < 1.29 is 4.84 Å². The molecular formula is C6H6NO. The third-order valence-electron chi connectivity index (χ3n) is 0.807. The Kier molecular flexibility index (Phi) is 1.49. The summed E-state index contributed by atoms with van der Waals surface area (Å²) in [6, 6.07) is 9.93. The summed E-state index contributed by atoms with van der Waals surface area (Å²) < 4.78 is 0.